The predicted molar refractivity (Wildman–Crippen MR) is 84.6 cm³/mol. The van der Waals surface area contributed by atoms with Gasteiger partial charge in [0.25, 0.3) is 0 Å². The minimum Gasteiger partial charge on any atom is -0.392 e. The average molecular weight is 341 g/mol. The lowest BCUT2D eigenvalue weighted by molar-refractivity contribution is 0.594. The molecule has 4 nitrogen and oxygen atoms in total. The van der Waals surface area contributed by atoms with Crippen LogP contribution in [0.5, 0.6) is 0 Å². The van der Waals surface area contributed by atoms with Crippen LogP contribution >= 0.6 is 35.4 Å². The van der Waals surface area contributed by atoms with Gasteiger partial charge in [0.2, 0.25) is 10.0 Å². The molecule has 3 N–H and O–H groups in total. The highest BCUT2D eigenvalue weighted by Gasteiger charge is 2.28. The van der Waals surface area contributed by atoms with E-state index in [1.807, 2.05) is 0 Å². The van der Waals surface area contributed by atoms with Crippen molar-refractivity contribution < 1.29 is 8.42 Å². The van der Waals surface area contributed by atoms with E-state index in [-0.39, 0.29) is 27.1 Å². The number of nitrogens with one attached hydrogen (secondary N) is 1. The summed E-state index contributed by atoms with van der Waals surface area (Å²) in [6.07, 6.45) is 0.270. The number of hydrogen-bond donors (Lipinski definition) is 2. The van der Waals surface area contributed by atoms with Crippen LogP contribution in [-0.2, 0) is 10.0 Å². The van der Waals surface area contributed by atoms with E-state index in [1.165, 1.54) is 0 Å². The summed E-state index contributed by atoms with van der Waals surface area (Å²) >= 11 is 16.8. The Hall–Kier alpha value is -0.560. The minimum absolute atomic E-state index is 0.0881. The molecule has 1 atom stereocenters. The van der Waals surface area contributed by atoms with Gasteiger partial charge in [0.05, 0.1) is 20.7 Å². The normalized spacial score (nSPS) is 13.1. The first-order valence-electron chi connectivity index (χ1n) is 5.46. The summed E-state index contributed by atoms with van der Waals surface area (Å²) in [5.41, 5.74) is 6.31. The first kappa shape index (κ1) is 16.5. The summed E-state index contributed by atoms with van der Waals surface area (Å²) in [6.45, 7) is 3.43. The molecular formula is C11H14Cl2N2O2S2. The molecule has 1 aromatic carbocycles. The van der Waals surface area contributed by atoms with Crippen molar-refractivity contribution in [2.75, 3.05) is 4.72 Å². The van der Waals surface area contributed by atoms with Crippen molar-refractivity contribution in [1.29, 1.82) is 0 Å². The molecule has 0 saturated carbocycles. The zero-order valence-corrected chi connectivity index (χ0v) is 13.6. The lowest BCUT2D eigenvalue weighted by Crippen LogP contribution is -2.37. The molecule has 1 unspecified atom stereocenters. The van der Waals surface area contributed by atoms with E-state index in [2.05, 4.69) is 4.72 Å². The average Bonchev–Trinajstić information content (AvgIpc) is 2.29. The van der Waals surface area contributed by atoms with Gasteiger partial charge in [-0.05, 0) is 25.0 Å². The second-order valence-corrected chi connectivity index (χ2v) is 7.12. The molecule has 19 heavy (non-hydrogen) atoms. The standard InChI is InChI=1S/C11H14Cl2N2O2S2/c1-3-8(11(14)18)19(16,17)15-10-7(12)5-4-6(2)9(10)13/h4-5,8,15H,3H2,1-2H3,(H2,14,18). The Balaban J connectivity index is 3.23. The Kier molecular flexibility index (Phi) is 5.43. The highest BCUT2D eigenvalue weighted by molar-refractivity contribution is 7.95. The zero-order valence-electron chi connectivity index (χ0n) is 10.4. The molecule has 0 saturated heterocycles. The molecule has 0 bridgehead atoms. The van der Waals surface area contributed by atoms with Crippen molar-refractivity contribution >= 4 is 56.1 Å². The number of aryl methyl sites for hydroxylation is 1. The van der Waals surface area contributed by atoms with E-state index in [0.717, 1.165) is 0 Å². The first-order valence-corrected chi connectivity index (χ1v) is 8.17. The Morgan fingerprint density at radius 3 is 2.53 bits per heavy atom. The Morgan fingerprint density at radius 1 is 1.47 bits per heavy atom. The van der Waals surface area contributed by atoms with Gasteiger partial charge in [0.15, 0.2) is 0 Å². The number of sulfonamides is 1. The van der Waals surface area contributed by atoms with Crippen molar-refractivity contribution in [3.05, 3.63) is 27.7 Å². The summed E-state index contributed by atoms with van der Waals surface area (Å²) in [5, 5.41) is -0.485. The Morgan fingerprint density at radius 2 is 2.05 bits per heavy atom. The molecule has 0 aromatic heterocycles. The van der Waals surface area contributed by atoms with Crippen LogP contribution in [-0.4, -0.2) is 18.7 Å². The van der Waals surface area contributed by atoms with Gasteiger partial charge in [0.1, 0.15) is 5.25 Å². The topological polar surface area (TPSA) is 72.2 Å². The summed E-state index contributed by atoms with van der Waals surface area (Å²) in [4.78, 5) is -0.0881. The van der Waals surface area contributed by atoms with Gasteiger partial charge in [-0.2, -0.15) is 0 Å². The molecule has 0 aliphatic carbocycles. The molecule has 0 spiro atoms. The van der Waals surface area contributed by atoms with Crippen LogP contribution in [0.3, 0.4) is 0 Å². The van der Waals surface area contributed by atoms with Crippen molar-refractivity contribution in [2.45, 2.75) is 25.5 Å². The number of thiocarbonyl (C=S) groups is 1. The van der Waals surface area contributed by atoms with Crippen LogP contribution < -0.4 is 10.5 Å². The van der Waals surface area contributed by atoms with E-state index in [0.29, 0.717) is 5.56 Å². The summed E-state index contributed by atoms with van der Waals surface area (Å²) in [5.74, 6) is 0. The van der Waals surface area contributed by atoms with Gasteiger partial charge in [-0.1, -0.05) is 48.4 Å². The number of anilines is 1. The molecule has 1 rings (SSSR count). The lowest BCUT2D eigenvalue weighted by Gasteiger charge is -2.18. The molecule has 0 amide bonds. The Labute approximate surface area is 128 Å². The van der Waals surface area contributed by atoms with Crippen molar-refractivity contribution in [3.8, 4) is 0 Å². The third kappa shape index (κ3) is 3.72. The van der Waals surface area contributed by atoms with Crippen molar-refractivity contribution in [3.63, 3.8) is 0 Å². The van der Waals surface area contributed by atoms with Gasteiger partial charge in [0, 0.05) is 0 Å². The SMILES string of the molecule is CCC(C(N)=S)S(=O)(=O)Nc1c(Cl)ccc(C)c1Cl. The first-order chi connectivity index (χ1) is 8.70. The fraction of sp³-hybridized carbons (Fsp3) is 0.364. The van der Waals surface area contributed by atoms with Gasteiger partial charge in [-0.25, -0.2) is 8.42 Å². The molecular weight excluding hydrogens is 327 g/mol. The molecule has 8 heteroatoms. The van der Waals surface area contributed by atoms with Gasteiger partial charge < -0.3 is 5.73 Å². The van der Waals surface area contributed by atoms with Crippen LogP contribution in [0.4, 0.5) is 5.69 Å². The minimum atomic E-state index is -3.77. The highest BCUT2D eigenvalue weighted by Crippen LogP contribution is 2.34. The zero-order chi connectivity index (χ0) is 14.8. The van der Waals surface area contributed by atoms with Crippen molar-refractivity contribution in [1.82, 2.24) is 0 Å². The largest absolute Gasteiger partial charge is 0.392 e. The molecule has 1 aromatic rings. The van der Waals surface area contributed by atoms with Crippen LogP contribution in [0.2, 0.25) is 10.0 Å². The summed E-state index contributed by atoms with van der Waals surface area (Å²) < 4.78 is 26.8. The molecule has 0 aliphatic rings. The third-order valence-corrected chi connectivity index (χ3v) is 5.65. The van der Waals surface area contributed by atoms with E-state index in [4.69, 9.17) is 41.2 Å². The molecule has 106 valence electrons. The maximum atomic E-state index is 12.2. The Bertz CT molecular complexity index is 603. The van der Waals surface area contributed by atoms with Gasteiger partial charge >= 0.3 is 0 Å². The monoisotopic (exact) mass is 340 g/mol. The third-order valence-electron chi connectivity index (χ3n) is 2.59. The number of nitrogens with two attached hydrogens (primary N) is 1. The predicted octanol–water partition coefficient (Wildman–Crippen LogP) is 3.11. The number of rotatable bonds is 5. The maximum absolute atomic E-state index is 12.2. The lowest BCUT2D eigenvalue weighted by atomic mass is 10.2. The number of benzene rings is 1. The second-order valence-electron chi connectivity index (χ2n) is 4.00. The molecule has 0 heterocycles. The second kappa shape index (κ2) is 6.26. The van der Waals surface area contributed by atoms with E-state index < -0.39 is 15.3 Å². The molecule has 0 fully saturated rings. The molecule has 0 radical (unpaired) electrons. The fourth-order valence-corrected chi connectivity index (χ4v) is 4.04. The maximum Gasteiger partial charge on any atom is 0.242 e. The van der Waals surface area contributed by atoms with E-state index >= 15 is 0 Å². The quantitative estimate of drug-likeness (QED) is 0.807. The summed E-state index contributed by atoms with van der Waals surface area (Å²) in [6, 6.07) is 3.27. The van der Waals surface area contributed by atoms with Crippen LogP contribution in [0.25, 0.3) is 0 Å². The van der Waals surface area contributed by atoms with Crippen LogP contribution in [0.15, 0.2) is 12.1 Å². The number of hydrogen-bond acceptors (Lipinski definition) is 3. The van der Waals surface area contributed by atoms with Crippen LogP contribution in [0.1, 0.15) is 18.9 Å². The summed E-state index contributed by atoms with van der Waals surface area (Å²) in [7, 11) is -3.77. The van der Waals surface area contributed by atoms with Crippen molar-refractivity contribution in [2.24, 2.45) is 5.73 Å². The van der Waals surface area contributed by atoms with Gasteiger partial charge in [-0.15, -0.1) is 0 Å². The molecule has 0 aliphatic heterocycles. The number of halogens is 2. The highest BCUT2D eigenvalue weighted by atomic mass is 35.5. The van der Waals surface area contributed by atoms with E-state index in [9.17, 15) is 8.42 Å². The van der Waals surface area contributed by atoms with E-state index in [1.54, 1.807) is 26.0 Å². The smallest absolute Gasteiger partial charge is 0.242 e. The van der Waals surface area contributed by atoms with Crippen LogP contribution in [0, 0.1) is 6.92 Å². The fourth-order valence-electron chi connectivity index (χ4n) is 1.54. The van der Waals surface area contributed by atoms with Gasteiger partial charge in [-0.3, -0.25) is 4.72 Å².